The van der Waals surface area contributed by atoms with Gasteiger partial charge in [0.15, 0.2) is 0 Å². The zero-order chi connectivity index (χ0) is 25.2. The van der Waals surface area contributed by atoms with Crippen LogP contribution in [0, 0.1) is 13.8 Å². The highest BCUT2D eigenvalue weighted by Crippen LogP contribution is 2.24. The van der Waals surface area contributed by atoms with Crippen molar-refractivity contribution < 1.29 is 21.6 Å². The van der Waals surface area contributed by atoms with E-state index in [1.807, 2.05) is 13.0 Å². The number of nitrogens with one attached hydrogen (secondary N) is 2. The standard InChI is InChI=1S/C25H27N3O5S2/c1-18-6-5-7-22(16-18)27-34(30,31)24-17-20(9-8-19(24)2)25(29)26-21-10-12-23(13-11-21)35(32,33)28-14-3-4-15-28/h5-13,16-17,27H,3-4,14-15H2,1-2H3,(H,26,29). The summed E-state index contributed by atoms with van der Waals surface area (Å²) in [6.07, 6.45) is 1.70. The number of sulfonamides is 2. The van der Waals surface area contributed by atoms with Gasteiger partial charge in [-0.15, -0.1) is 0 Å². The van der Waals surface area contributed by atoms with Gasteiger partial charge in [0.2, 0.25) is 10.0 Å². The molecule has 1 fully saturated rings. The van der Waals surface area contributed by atoms with Gasteiger partial charge in [0.1, 0.15) is 0 Å². The summed E-state index contributed by atoms with van der Waals surface area (Å²) in [5.41, 5.74) is 2.41. The SMILES string of the molecule is Cc1cccc(NS(=O)(=O)c2cc(C(=O)Nc3ccc(S(=O)(=O)N4CCCC4)cc3)ccc2C)c1. The highest BCUT2D eigenvalue weighted by atomic mass is 32.2. The second-order valence-corrected chi connectivity index (χ2v) is 12.1. The molecule has 1 saturated heterocycles. The maximum Gasteiger partial charge on any atom is 0.262 e. The Morgan fingerprint density at radius 3 is 2.17 bits per heavy atom. The van der Waals surface area contributed by atoms with E-state index in [9.17, 15) is 21.6 Å². The van der Waals surface area contributed by atoms with Crippen LogP contribution in [0.4, 0.5) is 11.4 Å². The lowest BCUT2D eigenvalue weighted by molar-refractivity contribution is 0.102. The van der Waals surface area contributed by atoms with E-state index in [2.05, 4.69) is 10.0 Å². The van der Waals surface area contributed by atoms with Crippen LogP contribution in [-0.4, -0.2) is 40.1 Å². The Morgan fingerprint density at radius 1 is 0.829 bits per heavy atom. The average molecular weight is 514 g/mol. The van der Waals surface area contributed by atoms with Crippen LogP contribution in [0.25, 0.3) is 0 Å². The van der Waals surface area contributed by atoms with Gasteiger partial charge in [0.25, 0.3) is 15.9 Å². The normalized spacial score (nSPS) is 14.6. The predicted molar refractivity (Wildman–Crippen MR) is 136 cm³/mol. The van der Waals surface area contributed by atoms with Crippen molar-refractivity contribution in [2.75, 3.05) is 23.1 Å². The molecule has 3 aromatic carbocycles. The van der Waals surface area contributed by atoms with Gasteiger partial charge in [-0.3, -0.25) is 9.52 Å². The zero-order valence-electron chi connectivity index (χ0n) is 19.5. The maximum atomic E-state index is 13.0. The first kappa shape index (κ1) is 24.9. The minimum Gasteiger partial charge on any atom is -0.322 e. The molecule has 0 unspecified atom stereocenters. The van der Waals surface area contributed by atoms with Crippen LogP contribution in [0.5, 0.6) is 0 Å². The molecule has 2 N–H and O–H groups in total. The van der Waals surface area contributed by atoms with Gasteiger partial charge in [-0.2, -0.15) is 4.31 Å². The molecule has 0 radical (unpaired) electrons. The summed E-state index contributed by atoms with van der Waals surface area (Å²) in [6, 6.07) is 17.4. The van der Waals surface area contributed by atoms with Crippen LogP contribution in [0.2, 0.25) is 0 Å². The molecular formula is C25H27N3O5S2. The quantitative estimate of drug-likeness (QED) is 0.493. The topological polar surface area (TPSA) is 113 Å². The fourth-order valence-corrected chi connectivity index (χ4v) is 6.78. The van der Waals surface area contributed by atoms with Crippen molar-refractivity contribution in [2.24, 2.45) is 0 Å². The number of benzene rings is 3. The fourth-order valence-electron chi connectivity index (χ4n) is 3.94. The first-order valence-electron chi connectivity index (χ1n) is 11.2. The molecule has 1 aliphatic heterocycles. The van der Waals surface area contributed by atoms with Crippen molar-refractivity contribution in [1.29, 1.82) is 0 Å². The van der Waals surface area contributed by atoms with Crippen molar-refractivity contribution in [1.82, 2.24) is 4.31 Å². The maximum absolute atomic E-state index is 13.0. The minimum absolute atomic E-state index is 0.00119. The Morgan fingerprint density at radius 2 is 1.51 bits per heavy atom. The van der Waals surface area contributed by atoms with E-state index in [0.717, 1.165) is 18.4 Å². The molecule has 0 spiro atoms. The molecule has 0 aliphatic carbocycles. The van der Waals surface area contributed by atoms with E-state index in [1.54, 1.807) is 37.3 Å². The number of rotatable bonds is 7. The zero-order valence-corrected chi connectivity index (χ0v) is 21.1. The Labute approximate surface area is 206 Å². The average Bonchev–Trinajstić information content (AvgIpc) is 3.35. The van der Waals surface area contributed by atoms with Gasteiger partial charge in [-0.25, -0.2) is 16.8 Å². The van der Waals surface area contributed by atoms with Crippen molar-refractivity contribution in [3.05, 3.63) is 83.4 Å². The largest absolute Gasteiger partial charge is 0.322 e. The third-order valence-electron chi connectivity index (χ3n) is 5.83. The van der Waals surface area contributed by atoms with Crippen molar-refractivity contribution in [3.8, 4) is 0 Å². The molecular weight excluding hydrogens is 486 g/mol. The second-order valence-electron chi connectivity index (χ2n) is 8.54. The second kappa shape index (κ2) is 9.80. The van der Waals surface area contributed by atoms with Crippen LogP contribution in [0.3, 0.4) is 0 Å². The van der Waals surface area contributed by atoms with Gasteiger partial charge in [0, 0.05) is 30.0 Å². The number of carbonyl (C=O) groups is 1. The Bertz CT molecular complexity index is 1460. The molecule has 0 aromatic heterocycles. The van der Waals surface area contributed by atoms with E-state index in [4.69, 9.17) is 0 Å². The van der Waals surface area contributed by atoms with E-state index in [-0.39, 0.29) is 15.4 Å². The van der Waals surface area contributed by atoms with Gasteiger partial charge in [-0.05, 0) is 86.3 Å². The molecule has 35 heavy (non-hydrogen) atoms. The number of hydrogen-bond donors (Lipinski definition) is 2. The Kier molecular flexibility index (Phi) is 6.98. The van der Waals surface area contributed by atoms with E-state index < -0.39 is 26.0 Å². The Hall–Kier alpha value is -3.21. The van der Waals surface area contributed by atoms with Crippen LogP contribution in [0.15, 0.2) is 76.5 Å². The lowest BCUT2D eigenvalue weighted by Gasteiger charge is -2.16. The van der Waals surface area contributed by atoms with Crippen LogP contribution in [0.1, 0.15) is 34.3 Å². The molecule has 10 heteroatoms. The molecule has 3 aromatic rings. The molecule has 0 saturated carbocycles. The molecule has 1 heterocycles. The predicted octanol–water partition coefficient (Wildman–Crippen LogP) is 4.14. The van der Waals surface area contributed by atoms with Crippen LogP contribution < -0.4 is 10.0 Å². The summed E-state index contributed by atoms with van der Waals surface area (Å²) in [4.78, 5) is 13.0. The summed E-state index contributed by atoms with van der Waals surface area (Å²) < 4.78 is 55.4. The first-order valence-corrected chi connectivity index (χ1v) is 14.1. The number of carbonyl (C=O) groups excluding carboxylic acids is 1. The van der Waals surface area contributed by atoms with Crippen LogP contribution >= 0.6 is 0 Å². The summed E-state index contributed by atoms with van der Waals surface area (Å²) in [7, 11) is -7.47. The summed E-state index contributed by atoms with van der Waals surface area (Å²) >= 11 is 0. The number of amides is 1. The molecule has 1 amide bonds. The third kappa shape index (κ3) is 5.55. The smallest absolute Gasteiger partial charge is 0.262 e. The fraction of sp³-hybridized carbons (Fsp3) is 0.240. The molecule has 0 atom stereocenters. The van der Waals surface area contributed by atoms with Gasteiger partial charge >= 0.3 is 0 Å². The third-order valence-corrected chi connectivity index (χ3v) is 9.26. The summed E-state index contributed by atoms with van der Waals surface area (Å²) in [5.74, 6) is -0.507. The van der Waals surface area contributed by atoms with Gasteiger partial charge in [0.05, 0.1) is 9.79 Å². The summed E-state index contributed by atoms with van der Waals surface area (Å²) in [5, 5.41) is 2.70. The molecule has 8 nitrogen and oxygen atoms in total. The first-order chi connectivity index (χ1) is 16.6. The lowest BCUT2D eigenvalue weighted by atomic mass is 10.1. The number of anilines is 2. The van der Waals surface area contributed by atoms with Crippen molar-refractivity contribution >= 4 is 37.3 Å². The van der Waals surface area contributed by atoms with Gasteiger partial charge < -0.3 is 5.32 Å². The monoisotopic (exact) mass is 513 g/mol. The van der Waals surface area contributed by atoms with Crippen molar-refractivity contribution in [3.63, 3.8) is 0 Å². The molecule has 0 bridgehead atoms. The lowest BCUT2D eigenvalue weighted by Crippen LogP contribution is -2.27. The van der Waals surface area contributed by atoms with E-state index in [1.165, 1.54) is 34.6 Å². The number of hydrogen-bond acceptors (Lipinski definition) is 5. The van der Waals surface area contributed by atoms with E-state index >= 15 is 0 Å². The van der Waals surface area contributed by atoms with Crippen LogP contribution in [-0.2, 0) is 20.0 Å². The number of nitrogens with zero attached hydrogens (tertiary/aromatic N) is 1. The molecule has 4 rings (SSSR count). The van der Waals surface area contributed by atoms with Gasteiger partial charge in [-0.1, -0.05) is 18.2 Å². The molecule has 1 aliphatic rings. The Balaban J connectivity index is 1.52. The summed E-state index contributed by atoms with van der Waals surface area (Å²) in [6.45, 7) is 4.55. The van der Waals surface area contributed by atoms with Crippen molar-refractivity contribution in [2.45, 2.75) is 36.5 Å². The highest BCUT2D eigenvalue weighted by Gasteiger charge is 2.27. The van der Waals surface area contributed by atoms with E-state index in [0.29, 0.717) is 30.0 Å². The highest BCUT2D eigenvalue weighted by molar-refractivity contribution is 7.92. The number of aryl methyl sites for hydroxylation is 2. The molecule has 184 valence electrons. The minimum atomic E-state index is -3.92.